The third-order valence-corrected chi connectivity index (χ3v) is 4.80. The average molecular weight is 404 g/mol. The molecule has 3 rings (SSSR count). The first-order valence-corrected chi connectivity index (χ1v) is 9.16. The fraction of sp³-hybridized carbons (Fsp3) is 0.300. The van der Waals surface area contributed by atoms with E-state index in [1.54, 1.807) is 16.1 Å². The lowest BCUT2D eigenvalue weighted by atomic mass is 10.1. The molecule has 0 aliphatic rings. The summed E-state index contributed by atoms with van der Waals surface area (Å²) >= 11 is 0. The van der Waals surface area contributed by atoms with E-state index in [-0.39, 0.29) is 18.8 Å². The lowest BCUT2D eigenvalue weighted by molar-refractivity contribution is 0.0701. The molecule has 0 atom stereocenters. The third-order valence-electron chi connectivity index (χ3n) is 4.80. The van der Waals surface area contributed by atoms with Crippen LogP contribution in [0.15, 0.2) is 36.7 Å². The topological polar surface area (TPSA) is 90.6 Å². The van der Waals surface area contributed by atoms with Gasteiger partial charge in [-0.05, 0) is 24.2 Å². The Hall–Kier alpha value is -2.88. The molecule has 7 nitrogen and oxygen atoms in total. The minimum Gasteiger partial charge on any atom is -0.395 e. The lowest BCUT2D eigenvalue weighted by Gasteiger charge is -2.18. The molecule has 0 fully saturated rings. The van der Waals surface area contributed by atoms with E-state index >= 15 is 0 Å². The number of nitrogens with one attached hydrogen (secondary N) is 1. The van der Waals surface area contributed by atoms with Crippen LogP contribution < -0.4 is 5.48 Å². The summed E-state index contributed by atoms with van der Waals surface area (Å²) in [4.78, 5) is 17.8. The Kier molecular flexibility index (Phi) is 6.53. The van der Waals surface area contributed by atoms with Gasteiger partial charge in [-0.15, -0.1) is 0 Å². The molecule has 2 aromatic heterocycles. The number of pyridine rings is 1. The van der Waals surface area contributed by atoms with Gasteiger partial charge < -0.3 is 9.67 Å². The Morgan fingerprint density at radius 2 is 2.07 bits per heavy atom. The Morgan fingerprint density at radius 1 is 1.28 bits per heavy atom. The highest BCUT2D eigenvalue weighted by Gasteiger charge is 2.16. The van der Waals surface area contributed by atoms with Crippen molar-refractivity contribution in [2.45, 2.75) is 20.0 Å². The van der Waals surface area contributed by atoms with Gasteiger partial charge >= 0.3 is 0 Å². The van der Waals surface area contributed by atoms with Crippen LogP contribution in [0.2, 0.25) is 0 Å². The van der Waals surface area contributed by atoms with Crippen LogP contribution in [-0.4, -0.2) is 50.4 Å². The molecule has 1 aromatic carbocycles. The van der Waals surface area contributed by atoms with Gasteiger partial charge in [-0.3, -0.25) is 14.9 Å². The Bertz CT molecular complexity index is 1020. The van der Waals surface area contributed by atoms with Crippen molar-refractivity contribution < 1.29 is 23.9 Å². The predicted octanol–water partition coefficient (Wildman–Crippen LogP) is 2.30. The van der Waals surface area contributed by atoms with Gasteiger partial charge in [0.2, 0.25) is 0 Å². The van der Waals surface area contributed by atoms with Gasteiger partial charge in [0.25, 0.3) is 5.91 Å². The summed E-state index contributed by atoms with van der Waals surface area (Å²) in [5.74, 6) is -2.03. The van der Waals surface area contributed by atoms with Gasteiger partial charge in [0, 0.05) is 36.3 Å². The summed E-state index contributed by atoms with van der Waals surface area (Å²) < 4.78 is 29.1. The van der Waals surface area contributed by atoms with Crippen molar-refractivity contribution in [1.82, 2.24) is 19.9 Å². The molecule has 0 spiro atoms. The summed E-state index contributed by atoms with van der Waals surface area (Å²) in [7, 11) is 0. The molecule has 0 unspecified atom stereocenters. The van der Waals surface area contributed by atoms with Gasteiger partial charge in [-0.2, -0.15) is 0 Å². The lowest BCUT2D eigenvalue weighted by Crippen LogP contribution is -2.26. The van der Waals surface area contributed by atoms with Crippen molar-refractivity contribution in [2.75, 3.05) is 19.7 Å². The maximum absolute atomic E-state index is 14.1. The molecule has 9 heteroatoms. The van der Waals surface area contributed by atoms with E-state index in [1.165, 1.54) is 18.3 Å². The average Bonchev–Trinajstić information content (AvgIpc) is 3.05. The first kappa shape index (κ1) is 20.8. The smallest absolute Gasteiger partial charge is 0.293 e. The van der Waals surface area contributed by atoms with Crippen LogP contribution in [0.3, 0.4) is 0 Å². The molecule has 3 N–H and O–H groups in total. The summed E-state index contributed by atoms with van der Waals surface area (Å²) in [5, 5.41) is 18.9. The summed E-state index contributed by atoms with van der Waals surface area (Å²) in [5.41, 5.74) is 3.43. The van der Waals surface area contributed by atoms with Gasteiger partial charge in [-0.1, -0.05) is 13.0 Å². The standard InChI is InChI=1S/C20H22F2N4O3/c1-2-25(5-6-27)10-14-12-26(11-13-3-4-15(21)7-17(13)22)19-9-23-18(8-16(14)19)20(28)24-29/h3-4,7-9,12,27,29H,2,5-6,10-11H2,1H3,(H,24,28). The van der Waals surface area contributed by atoms with Crippen LogP contribution in [0.1, 0.15) is 28.5 Å². The van der Waals surface area contributed by atoms with Crippen LogP contribution in [0.5, 0.6) is 0 Å². The molecule has 154 valence electrons. The summed E-state index contributed by atoms with van der Waals surface area (Å²) in [6.07, 6.45) is 3.31. The van der Waals surface area contributed by atoms with E-state index in [0.29, 0.717) is 30.7 Å². The minimum absolute atomic E-state index is 0.00694. The van der Waals surface area contributed by atoms with Crippen molar-refractivity contribution in [3.63, 3.8) is 0 Å². The number of carbonyl (C=O) groups excluding carboxylic acids is 1. The highest BCUT2D eigenvalue weighted by atomic mass is 19.1. The van der Waals surface area contributed by atoms with Crippen LogP contribution in [0.4, 0.5) is 8.78 Å². The maximum atomic E-state index is 14.1. The van der Waals surface area contributed by atoms with Crippen molar-refractivity contribution in [3.8, 4) is 0 Å². The second-order valence-corrected chi connectivity index (χ2v) is 6.64. The minimum atomic E-state index is -0.738. The van der Waals surface area contributed by atoms with Crippen molar-refractivity contribution in [1.29, 1.82) is 0 Å². The molecule has 0 aliphatic heterocycles. The van der Waals surface area contributed by atoms with Crippen LogP contribution in [0, 0.1) is 11.6 Å². The van der Waals surface area contributed by atoms with Gasteiger partial charge in [0.1, 0.15) is 17.3 Å². The maximum Gasteiger partial charge on any atom is 0.293 e. The highest BCUT2D eigenvalue weighted by Crippen LogP contribution is 2.25. The molecule has 0 bridgehead atoms. The zero-order chi connectivity index (χ0) is 21.0. The number of halogens is 2. The number of rotatable bonds is 8. The second kappa shape index (κ2) is 9.08. The number of carbonyl (C=O) groups is 1. The number of aromatic nitrogens is 2. The zero-order valence-corrected chi connectivity index (χ0v) is 15.9. The van der Waals surface area contributed by atoms with E-state index < -0.39 is 17.5 Å². The number of likely N-dealkylation sites (N-methyl/N-ethyl adjacent to an activating group) is 1. The molecule has 2 heterocycles. The van der Waals surface area contributed by atoms with E-state index in [9.17, 15) is 18.7 Å². The van der Waals surface area contributed by atoms with Gasteiger partial charge in [0.15, 0.2) is 0 Å². The number of nitrogens with zero attached hydrogens (tertiary/aromatic N) is 3. The van der Waals surface area contributed by atoms with Crippen molar-refractivity contribution in [3.05, 3.63) is 65.1 Å². The van der Waals surface area contributed by atoms with Crippen molar-refractivity contribution >= 4 is 16.8 Å². The zero-order valence-electron chi connectivity index (χ0n) is 15.9. The van der Waals surface area contributed by atoms with E-state index in [2.05, 4.69) is 4.98 Å². The molecule has 0 aliphatic carbocycles. The van der Waals surface area contributed by atoms with E-state index in [4.69, 9.17) is 5.21 Å². The molecule has 0 radical (unpaired) electrons. The molecule has 29 heavy (non-hydrogen) atoms. The van der Waals surface area contributed by atoms with E-state index in [1.807, 2.05) is 18.0 Å². The number of fused-ring (bicyclic) bond motifs is 1. The second-order valence-electron chi connectivity index (χ2n) is 6.64. The third kappa shape index (κ3) is 4.58. The Labute approximate surface area is 166 Å². The number of hydrogen-bond acceptors (Lipinski definition) is 5. The molecule has 0 saturated carbocycles. The van der Waals surface area contributed by atoms with Crippen LogP contribution in [-0.2, 0) is 13.1 Å². The molecular formula is C20H22F2N4O3. The normalized spacial score (nSPS) is 11.4. The molecule has 1 amide bonds. The number of benzene rings is 1. The van der Waals surface area contributed by atoms with Crippen LogP contribution in [0.25, 0.3) is 10.9 Å². The fourth-order valence-electron chi connectivity index (χ4n) is 3.26. The van der Waals surface area contributed by atoms with Gasteiger partial charge in [0.05, 0.1) is 24.9 Å². The largest absolute Gasteiger partial charge is 0.395 e. The number of hydrogen-bond donors (Lipinski definition) is 3. The van der Waals surface area contributed by atoms with Crippen molar-refractivity contribution in [2.24, 2.45) is 0 Å². The number of aliphatic hydroxyl groups excluding tert-OH is 1. The molecule has 0 saturated heterocycles. The molecular weight excluding hydrogens is 382 g/mol. The number of hydroxylamine groups is 1. The number of aliphatic hydroxyl groups is 1. The Morgan fingerprint density at radius 3 is 2.72 bits per heavy atom. The first-order valence-electron chi connectivity index (χ1n) is 9.16. The predicted molar refractivity (Wildman–Crippen MR) is 102 cm³/mol. The SMILES string of the molecule is CCN(CCO)Cc1cn(Cc2ccc(F)cc2F)c2cnc(C(=O)NO)cc12. The summed E-state index contributed by atoms with van der Waals surface area (Å²) in [6.45, 7) is 3.81. The van der Waals surface area contributed by atoms with Gasteiger partial charge in [-0.25, -0.2) is 19.2 Å². The Balaban J connectivity index is 2.06. The quantitative estimate of drug-likeness (QED) is 0.396. The monoisotopic (exact) mass is 404 g/mol. The van der Waals surface area contributed by atoms with E-state index in [0.717, 1.165) is 17.0 Å². The first-order chi connectivity index (χ1) is 14.0. The van der Waals surface area contributed by atoms with Crippen LogP contribution >= 0.6 is 0 Å². The molecule has 3 aromatic rings. The fourth-order valence-corrected chi connectivity index (χ4v) is 3.26. The summed E-state index contributed by atoms with van der Waals surface area (Å²) in [6, 6.07) is 4.98. The number of amides is 1. The highest BCUT2D eigenvalue weighted by molar-refractivity contribution is 5.96.